The molecule has 3 N–H and O–H groups in total. The lowest BCUT2D eigenvalue weighted by Gasteiger charge is -2.30. The SMILES string of the molecule is NC1N=CC(F)=CC1(F)c1cc(-c2nc(N3CCNCC3)c3c(C4CC4)cnc(Cl)c3n2)ccn1. The Kier molecular flexibility index (Phi) is 5.46. The minimum absolute atomic E-state index is 0.0714. The molecule has 2 atom stereocenters. The van der Waals surface area contributed by atoms with E-state index in [1.54, 1.807) is 6.07 Å². The summed E-state index contributed by atoms with van der Waals surface area (Å²) in [5, 5.41) is 4.57. The summed E-state index contributed by atoms with van der Waals surface area (Å²) < 4.78 is 29.7. The quantitative estimate of drug-likeness (QED) is 0.533. The first kappa shape index (κ1) is 22.4. The molecule has 2 aliphatic heterocycles. The highest BCUT2D eigenvalue weighted by Gasteiger charge is 2.41. The Bertz CT molecular complexity index is 1370. The van der Waals surface area contributed by atoms with E-state index >= 15 is 4.39 Å². The molecule has 0 aromatic carbocycles. The molecule has 180 valence electrons. The zero-order chi connectivity index (χ0) is 24.2. The molecule has 1 saturated carbocycles. The van der Waals surface area contributed by atoms with Crippen LogP contribution in [0.3, 0.4) is 0 Å². The van der Waals surface area contributed by atoms with Crippen LogP contribution in [0, 0.1) is 0 Å². The summed E-state index contributed by atoms with van der Waals surface area (Å²) >= 11 is 6.55. The standard InChI is InChI=1S/C24H23ClF2N8/c25-20-19-18(16(12-31-20)13-1-2-13)22(35-7-5-29-6-8-35)34-21(33-19)14-3-4-30-17(9-14)24(27)10-15(26)11-32-23(24)28/h3-4,9-13,23,29H,1-2,5-8,28H2. The second-order valence-electron chi connectivity index (χ2n) is 9.06. The molecule has 2 fully saturated rings. The Morgan fingerprint density at radius 3 is 2.74 bits per heavy atom. The van der Waals surface area contributed by atoms with Gasteiger partial charge in [0, 0.05) is 44.1 Å². The number of piperazine rings is 1. The van der Waals surface area contributed by atoms with Crippen LogP contribution in [-0.2, 0) is 5.67 Å². The molecule has 3 aromatic heterocycles. The number of hydrogen-bond acceptors (Lipinski definition) is 8. The topological polar surface area (TPSA) is 105 Å². The third-order valence-corrected chi connectivity index (χ3v) is 6.95. The first-order valence-corrected chi connectivity index (χ1v) is 12.0. The Morgan fingerprint density at radius 2 is 1.97 bits per heavy atom. The number of nitrogens with two attached hydrogens (primary N) is 1. The van der Waals surface area contributed by atoms with Gasteiger partial charge in [0.05, 0.1) is 17.3 Å². The fourth-order valence-electron chi connectivity index (χ4n) is 4.64. The van der Waals surface area contributed by atoms with Crippen LogP contribution in [-0.4, -0.2) is 58.5 Å². The van der Waals surface area contributed by atoms with Crippen molar-refractivity contribution in [1.29, 1.82) is 0 Å². The number of fused-ring (bicyclic) bond motifs is 1. The number of aromatic nitrogens is 4. The van der Waals surface area contributed by atoms with E-state index in [1.165, 1.54) is 12.3 Å². The van der Waals surface area contributed by atoms with Crippen LogP contribution in [0.15, 0.2) is 41.4 Å². The van der Waals surface area contributed by atoms with E-state index in [0.717, 1.165) is 68.1 Å². The van der Waals surface area contributed by atoms with Crippen LogP contribution in [0.2, 0.25) is 5.15 Å². The highest BCUT2D eigenvalue weighted by atomic mass is 35.5. The largest absolute Gasteiger partial charge is 0.353 e. The number of alkyl halides is 1. The van der Waals surface area contributed by atoms with Gasteiger partial charge in [-0.1, -0.05) is 11.6 Å². The zero-order valence-corrected chi connectivity index (χ0v) is 19.5. The lowest BCUT2D eigenvalue weighted by atomic mass is 9.94. The maximum absolute atomic E-state index is 15.8. The molecule has 11 heteroatoms. The van der Waals surface area contributed by atoms with Gasteiger partial charge in [0.1, 0.15) is 23.3 Å². The van der Waals surface area contributed by atoms with Gasteiger partial charge in [0.15, 0.2) is 11.0 Å². The van der Waals surface area contributed by atoms with Crippen LogP contribution in [0.25, 0.3) is 22.3 Å². The average molecular weight is 497 g/mol. The second kappa shape index (κ2) is 8.54. The van der Waals surface area contributed by atoms with Gasteiger partial charge in [-0.15, -0.1) is 0 Å². The number of halogens is 3. The molecule has 3 aliphatic rings. The van der Waals surface area contributed by atoms with Crippen LogP contribution in [0.1, 0.15) is 30.0 Å². The van der Waals surface area contributed by atoms with Crippen molar-refractivity contribution in [3.63, 3.8) is 0 Å². The molecule has 5 heterocycles. The Labute approximate surface area is 205 Å². The van der Waals surface area contributed by atoms with Gasteiger partial charge in [-0.05, 0) is 42.5 Å². The van der Waals surface area contributed by atoms with Crippen LogP contribution in [0.5, 0.6) is 0 Å². The summed E-state index contributed by atoms with van der Waals surface area (Å²) in [4.78, 5) is 24.2. The first-order chi connectivity index (χ1) is 16.9. The van der Waals surface area contributed by atoms with Gasteiger partial charge in [-0.3, -0.25) is 9.98 Å². The van der Waals surface area contributed by atoms with Gasteiger partial charge in [-0.25, -0.2) is 23.7 Å². The van der Waals surface area contributed by atoms with Crippen molar-refractivity contribution < 1.29 is 8.78 Å². The fraction of sp³-hybridized carbons (Fsp3) is 0.375. The number of allylic oxidation sites excluding steroid dienone is 1. The van der Waals surface area contributed by atoms with Crippen molar-refractivity contribution in [3.05, 3.63) is 52.8 Å². The molecule has 0 radical (unpaired) electrons. The van der Waals surface area contributed by atoms with Gasteiger partial charge in [0.25, 0.3) is 0 Å². The van der Waals surface area contributed by atoms with Gasteiger partial charge >= 0.3 is 0 Å². The molecule has 1 saturated heterocycles. The third kappa shape index (κ3) is 3.95. The van der Waals surface area contributed by atoms with Crippen molar-refractivity contribution in [2.45, 2.75) is 30.6 Å². The van der Waals surface area contributed by atoms with Gasteiger partial charge in [-0.2, -0.15) is 0 Å². The van der Waals surface area contributed by atoms with Crippen molar-refractivity contribution >= 4 is 34.5 Å². The fourth-order valence-corrected chi connectivity index (χ4v) is 4.83. The summed E-state index contributed by atoms with van der Waals surface area (Å²) in [6, 6.07) is 3.17. The van der Waals surface area contributed by atoms with E-state index in [2.05, 4.69) is 25.2 Å². The summed E-state index contributed by atoms with van der Waals surface area (Å²) in [5.74, 6) is 0.755. The molecule has 0 spiro atoms. The smallest absolute Gasteiger partial charge is 0.208 e. The number of dihydropyridines is 1. The lowest BCUT2D eigenvalue weighted by molar-refractivity contribution is 0.179. The summed E-state index contributed by atoms with van der Waals surface area (Å²) in [7, 11) is 0. The highest BCUT2D eigenvalue weighted by molar-refractivity contribution is 6.34. The molecule has 6 rings (SSSR count). The molecule has 0 bridgehead atoms. The number of hydrogen-bond donors (Lipinski definition) is 2. The number of rotatable bonds is 4. The Balaban J connectivity index is 1.53. The van der Waals surface area contributed by atoms with Gasteiger partial charge in [0.2, 0.25) is 5.67 Å². The Morgan fingerprint density at radius 1 is 1.17 bits per heavy atom. The Hall–Kier alpha value is -3.08. The number of aliphatic imine (C=N–C) groups is 1. The van der Waals surface area contributed by atoms with E-state index < -0.39 is 17.7 Å². The first-order valence-electron chi connectivity index (χ1n) is 11.6. The van der Waals surface area contributed by atoms with Crippen LogP contribution in [0.4, 0.5) is 14.6 Å². The van der Waals surface area contributed by atoms with E-state index in [-0.39, 0.29) is 10.8 Å². The maximum atomic E-state index is 15.8. The molecular formula is C24H23ClF2N8. The number of nitrogens with one attached hydrogen (secondary N) is 1. The van der Waals surface area contributed by atoms with Gasteiger partial charge < -0.3 is 16.0 Å². The molecular weight excluding hydrogens is 474 g/mol. The van der Waals surface area contributed by atoms with E-state index in [9.17, 15) is 4.39 Å². The van der Waals surface area contributed by atoms with E-state index in [1.807, 2.05) is 6.20 Å². The second-order valence-corrected chi connectivity index (χ2v) is 9.42. The predicted octanol–water partition coefficient (Wildman–Crippen LogP) is 3.41. The normalized spacial score (nSPS) is 24.6. The molecule has 8 nitrogen and oxygen atoms in total. The number of nitrogens with zero attached hydrogens (tertiary/aromatic N) is 6. The van der Waals surface area contributed by atoms with Crippen LogP contribution < -0.4 is 16.0 Å². The van der Waals surface area contributed by atoms with E-state index in [4.69, 9.17) is 27.3 Å². The third-order valence-electron chi connectivity index (χ3n) is 6.67. The maximum Gasteiger partial charge on any atom is 0.208 e. The number of anilines is 1. The zero-order valence-electron chi connectivity index (χ0n) is 18.8. The average Bonchev–Trinajstić information content (AvgIpc) is 3.72. The summed E-state index contributed by atoms with van der Waals surface area (Å²) in [6.07, 6.45) is 5.85. The molecule has 0 amide bonds. The predicted molar refractivity (Wildman–Crippen MR) is 131 cm³/mol. The van der Waals surface area contributed by atoms with Crippen molar-refractivity contribution in [1.82, 2.24) is 25.3 Å². The molecule has 2 unspecified atom stereocenters. The molecule has 35 heavy (non-hydrogen) atoms. The minimum atomic E-state index is -2.40. The van der Waals surface area contributed by atoms with Crippen molar-refractivity contribution in [2.24, 2.45) is 10.7 Å². The van der Waals surface area contributed by atoms with Crippen molar-refractivity contribution in [3.8, 4) is 11.4 Å². The lowest BCUT2D eigenvalue weighted by Crippen LogP contribution is -2.44. The highest BCUT2D eigenvalue weighted by Crippen LogP contribution is 2.46. The molecule has 1 aliphatic carbocycles. The monoisotopic (exact) mass is 496 g/mol. The van der Waals surface area contributed by atoms with E-state index in [0.29, 0.717) is 22.8 Å². The summed E-state index contributed by atoms with van der Waals surface area (Å²) in [6.45, 7) is 3.22. The van der Waals surface area contributed by atoms with Crippen LogP contribution >= 0.6 is 11.6 Å². The van der Waals surface area contributed by atoms with Crippen molar-refractivity contribution in [2.75, 3.05) is 31.1 Å². The summed E-state index contributed by atoms with van der Waals surface area (Å²) in [5.41, 5.74) is 5.58. The number of pyridine rings is 2. The molecule has 3 aromatic rings. The minimum Gasteiger partial charge on any atom is -0.353 e.